The van der Waals surface area contributed by atoms with E-state index < -0.39 is 0 Å². The first-order valence-corrected chi connectivity index (χ1v) is 10.4. The number of rotatable bonds is 6. The third-order valence-electron chi connectivity index (χ3n) is 5.55. The molecule has 1 aliphatic rings. The summed E-state index contributed by atoms with van der Waals surface area (Å²) < 4.78 is 5.77. The highest BCUT2D eigenvalue weighted by Gasteiger charge is 2.16. The molecule has 3 heterocycles. The Balaban J connectivity index is 1.27. The molecule has 0 radical (unpaired) electrons. The molecule has 1 saturated heterocycles. The van der Waals surface area contributed by atoms with Crippen LogP contribution in [0.4, 0.5) is 0 Å². The Morgan fingerprint density at radius 2 is 1.68 bits per heavy atom. The molecule has 4 rings (SSSR count). The first kappa shape index (κ1) is 18.7. The molecule has 1 aromatic carbocycles. The van der Waals surface area contributed by atoms with Gasteiger partial charge in [0.2, 0.25) is 17.7 Å². The molecule has 2 aromatic heterocycles. The van der Waals surface area contributed by atoms with Crippen molar-refractivity contribution in [2.24, 2.45) is 0 Å². The topological polar surface area (TPSA) is 75.0 Å². The second-order valence-corrected chi connectivity index (χ2v) is 7.60. The van der Waals surface area contributed by atoms with E-state index >= 15 is 0 Å². The number of hydrogen-bond donors (Lipinski definition) is 1. The van der Waals surface area contributed by atoms with Crippen LogP contribution in [0.3, 0.4) is 0 Å². The lowest BCUT2D eigenvalue weighted by molar-refractivity contribution is -0.131. The predicted molar refractivity (Wildman–Crippen MR) is 108 cm³/mol. The van der Waals surface area contributed by atoms with Gasteiger partial charge >= 0.3 is 0 Å². The molecule has 0 spiro atoms. The second kappa shape index (κ2) is 9.04. The number of nitrogens with zero attached hydrogens (tertiary/aromatic N) is 3. The number of carbonyl (C=O) groups is 1. The van der Waals surface area contributed by atoms with Crippen LogP contribution in [0.5, 0.6) is 0 Å². The lowest BCUT2D eigenvalue weighted by Crippen LogP contribution is -2.33. The van der Waals surface area contributed by atoms with E-state index in [1.165, 1.54) is 30.2 Å². The normalized spacial score (nSPS) is 15.5. The fraction of sp³-hybridized carbons (Fsp3) is 0.500. The number of aromatic amines is 1. The molecule has 1 N–H and O–H groups in total. The smallest absolute Gasteiger partial charge is 0.223 e. The molecule has 1 fully saturated rings. The predicted octanol–water partition coefficient (Wildman–Crippen LogP) is 4.06. The summed E-state index contributed by atoms with van der Waals surface area (Å²) in [5.41, 5.74) is 2.40. The Labute approximate surface area is 165 Å². The minimum Gasteiger partial charge on any atom is -0.425 e. The number of hydrogen-bond acceptors (Lipinski definition) is 4. The van der Waals surface area contributed by atoms with E-state index in [0.717, 1.165) is 37.9 Å². The summed E-state index contributed by atoms with van der Waals surface area (Å²) >= 11 is 0. The van der Waals surface area contributed by atoms with E-state index in [1.807, 2.05) is 23.2 Å². The van der Waals surface area contributed by atoms with Gasteiger partial charge in [-0.05, 0) is 30.9 Å². The Kier molecular flexibility index (Phi) is 6.04. The van der Waals surface area contributed by atoms with Gasteiger partial charge in [-0.25, -0.2) is 0 Å². The van der Waals surface area contributed by atoms with Crippen LogP contribution in [-0.4, -0.2) is 39.1 Å². The van der Waals surface area contributed by atoms with Gasteiger partial charge in [0.15, 0.2) is 0 Å². The van der Waals surface area contributed by atoms with Crippen LogP contribution in [0.1, 0.15) is 55.9 Å². The van der Waals surface area contributed by atoms with E-state index in [4.69, 9.17) is 4.42 Å². The average Bonchev–Trinajstić information content (AvgIpc) is 3.31. The monoisotopic (exact) mass is 380 g/mol. The zero-order valence-electron chi connectivity index (χ0n) is 16.3. The van der Waals surface area contributed by atoms with E-state index in [2.05, 4.69) is 27.3 Å². The standard InChI is InChI=1S/C22H28N4O2/c27-22(26-14-6-2-1-3-7-15-26)13-12-21-25-24-20(28-21)11-10-17-16-23-19-9-5-4-8-18(17)19/h4-5,8-9,16,23H,1-3,6-7,10-15H2. The zero-order chi connectivity index (χ0) is 19.2. The van der Waals surface area contributed by atoms with Crippen LogP contribution in [0, 0.1) is 0 Å². The summed E-state index contributed by atoms with van der Waals surface area (Å²) in [6, 6.07) is 8.28. The summed E-state index contributed by atoms with van der Waals surface area (Å²) in [6.45, 7) is 1.77. The summed E-state index contributed by atoms with van der Waals surface area (Å²) in [5.74, 6) is 1.41. The van der Waals surface area contributed by atoms with Gasteiger partial charge in [-0.1, -0.05) is 37.5 Å². The van der Waals surface area contributed by atoms with Crippen LogP contribution in [0.25, 0.3) is 10.9 Å². The number of H-pyrrole nitrogens is 1. The van der Waals surface area contributed by atoms with Gasteiger partial charge in [0.05, 0.1) is 0 Å². The fourth-order valence-electron chi connectivity index (χ4n) is 3.94. The highest BCUT2D eigenvalue weighted by atomic mass is 16.4. The summed E-state index contributed by atoms with van der Waals surface area (Å²) in [4.78, 5) is 17.8. The Morgan fingerprint density at radius 1 is 0.964 bits per heavy atom. The summed E-state index contributed by atoms with van der Waals surface area (Å²) in [6.07, 6.45) is 10.6. The van der Waals surface area contributed by atoms with Crippen molar-refractivity contribution >= 4 is 16.8 Å². The number of benzene rings is 1. The van der Waals surface area contributed by atoms with E-state index in [9.17, 15) is 4.79 Å². The van der Waals surface area contributed by atoms with Crippen molar-refractivity contribution in [2.75, 3.05) is 13.1 Å². The second-order valence-electron chi connectivity index (χ2n) is 7.60. The van der Waals surface area contributed by atoms with Crippen molar-refractivity contribution in [1.29, 1.82) is 0 Å². The molecule has 148 valence electrons. The molecular formula is C22H28N4O2. The SMILES string of the molecule is O=C(CCc1nnc(CCc2c[nH]c3ccccc23)o1)N1CCCCCCC1. The molecule has 3 aromatic rings. The first-order valence-electron chi connectivity index (χ1n) is 10.4. The first-order chi connectivity index (χ1) is 13.8. The lowest BCUT2D eigenvalue weighted by atomic mass is 10.1. The molecule has 6 nitrogen and oxygen atoms in total. The van der Waals surface area contributed by atoms with Gasteiger partial charge in [-0.3, -0.25) is 4.79 Å². The summed E-state index contributed by atoms with van der Waals surface area (Å²) in [7, 11) is 0. The number of likely N-dealkylation sites (tertiary alicyclic amines) is 1. The Bertz CT molecular complexity index is 906. The van der Waals surface area contributed by atoms with E-state index in [1.54, 1.807) is 0 Å². The van der Waals surface area contributed by atoms with E-state index in [-0.39, 0.29) is 5.91 Å². The number of amides is 1. The van der Waals surface area contributed by atoms with Crippen LogP contribution in [0.15, 0.2) is 34.9 Å². The van der Waals surface area contributed by atoms with Crippen LogP contribution in [0.2, 0.25) is 0 Å². The van der Waals surface area contributed by atoms with Gasteiger partial charge in [-0.15, -0.1) is 10.2 Å². The Morgan fingerprint density at radius 3 is 2.50 bits per heavy atom. The number of aromatic nitrogens is 3. The summed E-state index contributed by atoms with van der Waals surface area (Å²) in [5, 5.41) is 9.53. The third kappa shape index (κ3) is 4.61. The molecule has 1 aliphatic heterocycles. The average molecular weight is 380 g/mol. The third-order valence-corrected chi connectivity index (χ3v) is 5.55. The molecule has 28 heavy (non-hydrogen) atoms. The number of nitrogens with one attached hydrogen (secondary N) is 1. The van der Waals surface area contributed by atoms with Crippen molar-refractivity contribution in [2.45, 2.75) is 57.8 Å². The quantitative estimate of drug-likeness (QED) is 0.700. The molecule has 0 aliphatic carbocycles. The van der Waals surface area contributed by atoms with Crippen molar-refractivity contribution in [1.82, 2.24) is 20.1 Å². The highest BCUT2D eigenvalue weighted by Crippen LogP contribution is 2.19. The van der Waals surface area contributed by atoms with Gasteiger partial charge in [0.1, 0.15) is 0 Å². The maximum absolute atomic E-state index is 12.5. The molecule has 0 bridgehead atoms. The van der Waals surface area contributed by atoms with Crippen LogP contribution >= 0.6 is 0 Å². The van der Waals surface area contributed by atoms with Gasteiger partial charge < -0.3 is 14.3 Å². The lowest BCUT2D eigenvalue weighted by Gasteiger charge is -2.24. The van der Waals surface area contributed by atoms with Crippen molar-refractivity contribution in [3.63, 3.8) is 0 Å². The highest BCUT2D eigenvalue weighted by molar-refractivity contribution is 5.83. The zero-order valence-corrected chi connectivity index (χ0v) is 16.3. The van der Waals surface area contributed by atoms with Crippen molar-refractivity contribution in [3.05, 3.63) is 47.8 Å². The largest absolute Gasteiger partial charge is 0.425 e. The van der Waals surface area contributed by atoms with Crippen molar-refractivity contribution < 1.29 is 9.21 Å². The molecule has 6 heteroatoms. The molecular weight excluding hydrogens is 352 g/mol. The number of carbonyl (C=O) groups excluding carboxylic acids is 1. The van der Waals surface area contributed by atoms with E-state index in [0.29, 0.717) is 31.0 Å². The molecule has 1 amide bonds. The van der Waals surface area contributed by atoms with Crippen LogP contribution < -0.4 is 0 Å². The molecule has 0 atom stereocenters. The maximum Gasteiger partial charge on any atom is 0.223 e. The molecule has 0 unspecified atom stereocenters. The van der Waals surface area contributed by atoms with Gasteiger partial charge in [-0.2, -0.15) is 0 Å². The maximum atomic E-state index is 12.5. The van der Waals surface area contributed by atoms with Gasteiger partial charge in [0.25, 0.3) is 0 Å². The minimum atomic E-state index is 0.209. The Hall–Kier alpha value is -2.63. The molecule has 0 saturated carbocycles. The van der Waals surface area contributed by atoms with Crippen molar-refractivity contribution in [3.8, 4) is 0 Å². The minimum absolute atomic E-state index is 0.209. The number of para-hydroxylation sites is 1. The number of aryl methyl sites for hydroxylation is 3. The van der Waals surface area contributed by atoms with Gasteiger partial charge in [0, 0.05) is 49.5 Å². The number of fused-ring (bicyclic) bond motifs is 1. The van der Waals surface area contributed by atoms with Crippen LogP contribution in [-0.2, 0) is 24.1 Å². The fourth-order valence-corrected chi connectivity index (χ4v) is 3.94.